The molecule has 128 valence electrons. The van der Waals surface area contributed by atoms with Gasteiger partial charge in [-0.1, -0.05) is 41.9 Å². The van der Waals surface area contributed by atoms with Crippen LogP contribution in [0.4, 0.5) is 0 Å². The van der Waals surface area contributed by atoms with Crippen LogP contribution < -0.4 is 0 Å². The molecule has 0 aromatic heterocycles. The summed E-state index contributed by atoms with van der Waals surface area (Å²) < 4.78 is 0. The normalized spacial score (nSPS) is 15.1. The number of aryl methyl sites for hydroxylation is 1. The maximum absolute atomic E-state index is 13.5. The Kier molecular flexibility index (Phi) is 5.84. The van der Waals surface area contributed by atoms with Crippen molar-refractivity contribution >= 4 is 17.4 Å². The van der Waals surface area contributed by atoms with Crippen molar-refractivity contribution in [1.82, 2.24) is 4.90 Å². The predicted molar refractivity (Wildman–Crippen MR) is 102 cm³/mol. The van der Waals surface area contributed by atoms with Gasteiger partial charge in [0.05, 0.1) is 5.41 Å². The van der Waals surface area contributed by atoms with Crippen LogP contribution in [-0.4, -0.2) is 30.8 Å². The Hall–Kier alpha value is -1.64. The second kappa shape index (κ2) is 7.50. The minimum atomic E-state index is -0.580. The molecule has 2 rings (SSSR count). The first-order chi connectivity index (χ1) is 11.3. The van der Waals surface area contributed by atoms with Crippen molar-refractivity contribution < 1.29 is 4.79 Å². The quantitative estimate of drug-likeness (QED) is 0.678. The van der Waals surface area contributed by atoms with Crippen molar-refractivity contribution in [3.8, 4) is 0 Å². The van der Waals surface area contributed by atoms with Crippen molar-refractivity contribution in [2.24, 2.45) is 0 Å². The highest BCUT2D eigenvalue weighted by molar-refractivity contribution is 6.30. The van der Waals surface area contributed by atoms with Gasteiger partial charge in [0.1, 0.15) is 0 Å². The standard InChI is InChI=1S/C21H26ClNO/c1-15-13-18(22)11-12-19(15)20(24)21(3,14-16(2)23(4)5)17-9-7-6-8-10-17/h6-13,16H,14H2,1-5H3/t16-,21-/m0/s1. The van der Waals surface area contributed by atoms with Crippen LogP contribution in [-0.2, 0) is 5.41 Å². The van der Waals surface area contributed by atoms with Crippen LogP contribution in [0, 0.1) is 6.92 Å². The molecule has 0 N–H and O–H groups in total. The molecule has 0 radical (unpaired) electrons. The van der Waals surface area contributed by atoms with Crippen LogP contribution in [0.2, 0.25) is 5.02 Å². The van der Waals surface area contributed by atoms with E-state index in [0.29, 0.717) is 5.02 Å². The molecule has 3 heteroatoms. The van der Waals surface area contributed by atoms with E-state index in [9.17, 15) is 4.79 Å². The van der Waals surface area contributed by atoms with Crippen molar-refractivity contribution in [3.63, 3.8) is 0 Å². The summed E-state index contributed by atoms with van der Waals surface area (Å²) in [5.41, 5.74) is 2.14. The van der Waals surface area contributed by atoms with E-state index in [-0.39, 0.29) is 11.8 Å². The van der Waals surface area contributed by atoms with Gasteiger partial charge in [-0.05, 0) is 70.6 Å². The SMILES string of the molecule is Cc1cc(Cl)ccc1C(=O)[C@@](C)(C[C@H](C)N(C)C)c1ccccc1. The molecule has 0 saturated carbocycles. The highest BCUT2D eigenvalue weighted by Crippen LogP contribution is 2.35. The van der Waals surface area contributed by atoms with Crippen LogP contribution in [0.1, 0.15) is 41.8 Å². The van der Waals surface area contributed by atoms with Gasteiger partial charge in [0.2, 0.25) is 0 Å². The molecule has 0 aliphatic carbocycles. The lowest BCUT2D eigenvalue weighted by Gasteiger charge is -2.34. The third-order valence-electron chi connectivity index (χ3n) is 4.93. The lowest BCUT2D eigenvalue weighted by molar-refractivity contribution is 0.0862. The molecule has 2 atom stereocenters. The Labute approximate surface area is 150 Å². The minimum Gasteiger partial charge on any atom is -0.307 e. The first-order valence-corrected chi connectivity index (χ1v) is 8.66. The molecular formula is C21H26ClNO. The van der Waals surface area contributed by atoms with Gasteiger partial charge < -0.3 is 4.90 Å². The largest absolute Gasteiger partial charge is 0.307 e. The van der Waals surface area contributed by atoms with Gasteiger partial charge in [0.25, 0.3) is 0 Å². The van der Waals surface area contributed by atoms with Gasteiger partial charge in [-0.25, -0.2) is 0 Å². The van der Waals surface area contributed by atoms with Gasteiger partial charge in [-0.3, -0.25) is 4.79 Å². The Morgan fingerprint density at radius 2 is 1.79 bits per heavy atom. The third-order valence-corrected chi connectivity index (χ3v) is 5.17. The Morgan fingerprint density at radius 3 is 2.33 bits per heavy atom. The van der Waals surface area contributed by atoms with Gasteiger partial charge >= 0.3 is 0 Å². The number of rotatable bonds is 6. The number of benzene rings is 2. The van der Waals surface area contributed by atoms with E-state index in [1.54, 1.807) is 6.07 Å². The zero-order valence-corrected chi connectivity index (χ0v) is 15.9. The number of carbonyl (C=O) groups is 1. The molecule has 0 unspecified atom stereocenters. The molecule has 0 heterocycles. The molecule has 0 amide bonds. The Balaban J connectivity index is 2.51. The van der Waals surface area contributed by atoms with E-state index in [2.05, 4.69) is 18.7 Å². The molecule has 0 saturated heterocycles. The van der Waals surface area contributed by atoms with Crippen molar-refractivity contribution in [1.29, 1.82) is 0 Å². The predicted octanol–water partition coefficient (Wildman–Crippen LogP) is 5.13. The van der Waals surface area contributed by atoms with Gasteiger partial charge in [-0.2, -0.15) is 0 Å². The van der Waals surface area contributed by atoms with Gasteiger partial charge in [-0.15, -0.1) is 0 Å². The van der Waals surface area contributed by atoms with Crippen molar-refractivity contribution in [2.45, 2.75) is 38.6 Å². The average molecular weight is 344 g/mol. The highest BCUT2D eigenvalue weighted by atomic mass is 35.5. The summed E-state index contributed by atoms with van der Waals surface area (Å²) in [6, 6.07) is 15.9. The smallest absolute Gasteiger partial charge is 0.173 e. The topological polar surface area (TPSA) is 20.3 Å². The first kappa shape index (κ1) is 18.7. The lowest BCUT2D eigenvalue weighted by Crippen LogP contribution is -2.40. The summed E-state index contributed by atoms with van der Waals surface area (Å²) in [6.45, 7) is 6.15. The Bertz CT molecular complexity index is 711. The number of halogens is 1. The van der Waals surface area contributed by atoms with Crippen LogP contribution in [0.25, 0.3) is 0 Å². The zero-order valence-electron chi connectivity index (χ0n) is 15.1. The highest BCUT2D eigenvalue weighted by Gasteiger charge is 2.38. The van der Waals surface area contributed by atoms with E-state index in [1.165, 1.54) is 0 Å². The maximum Gasteiger partial charge on any atom is 0.173 e. The summed E-state index contributed by atoms with van der Waals surface area (Å²) in [7, 11) is 4.10. The van der Waals surface area contributed by atoms with Crippen molar-refractivity contribution in [2.75, 3.05) is 14.1 Å². The number of hydrogen-bond donors (Lipinski definition) is 0. The Morgan fingerprint density at radius 1 is 1.17 bits per heavy atom. The summed E-state index contributed by atoms with van der Waals surface area (Å²) in [4.78, 5) is 15.7. The zero-order chi connectivity index (χ0) is 17.9. The maximum atomic E-state index is 13.5. The molecule has 0 fully saturated rings. The van der Waals surface area contributed by atoms with E-state index in [0.717, 1.165) is 23.1 Å². The lowest BCUT2D eigenvalue weighted by atomic mass is 9.71. The van der Waals surface area contributed by atoms with Crippen LogP contribution in [0.15, 0.2) is 48.5 Å². The average Bonchev–Trinajstić information content (AvgIpc) is 2.54. The van der Waals surface area contributed by atoms with Crippen LogP contribution in [0.3, 0.4) is 0 Å². The third kappa shape index (κ3) is 3.88. The second-order valence-electron chi connectivity index (χ2n) is 7.00. The monoisotopic (exact) mass is 343 g/mol. The number of ketones is 1. The fourth-order valence-corrected chi connectivity index (χ4v) is 3.33. The fraction of sp³-hybridized carbons (Fsp3) is 0.381. The van der Waals surface area contributed by atoms with Gasteiger partial charge in [0, 0.05) is 16.6 Å². The molecule has 2 aromatic rings. The van der Waals surface area contributed by atoms with Gasteiger partial charge in [0.15, 0.2) is 5.78 Å². The van der Waals surface area contributed by atoms with Crippen LogP contribution in [0.5, 0.6) is 0 Å². The molecule has 0 aliphatic heterocycles. The molecule has 24 heavy (non-hydrogen) atoms. The number of Topliss-reactive ketones (excluding diaryl/α,β-unsaturated/α-hetero) is 1. The summed E-state index contributed by atoms with van der Waals surface area (Å²) >= 11 is 6.06. The van der Waals surface area contributed by atoms with E-state index in [1.807, 2.05) is 63.5 Å². The molecule has 2 aromatic carbocycles. The van der Waals surface area contributed by atoms with E-state index < -0.39 is 5.41 Å². The molecule has 0 spiro atoms. The molecular weight excluding hydrogens is 318 g/mol. The molecule has 0 aliphatic rings. The fourth-order valence-electron chi connectivity index (χ4n) is 3.10. The second-order valence-corrected chi connectivity index (χ2v) is 7.44. The van der Waals surface area contributed by atoms with Crippen LogP contribution >= 0.6 is 11.6 Å². The summed E-state index contributed by atoms with van der Waals surface area (Å²) in [6.07, 6.45) is 0.755. The van der Waals surface area contributed by atoms with E-state index in [4.69, 9.17) is 11.6 Å². The molecule has 0 bridgehead atoms. The minimum absolute atomic E-state index is 0.150. The van der Waals surface area contributed by atoms with E-state index >= 15 is 0 Å². The number of hydrogen-bond acceptors (Lipinski definition) is 2. The number of carbonyl (C=O) groups excluding carboxylic acids is 1. The molecule has 2 nitrogen and oxygen atoms in total. The van der Waals surface area contributed by atoms with Crippen molar-refractivity contribution in [3.05, 3.63) is 70.2 Å². The summed E-state index contributed by atoms with van der Waals surface area (Å²) in [5, 5.41) is 0.659. The number of nitrogens with zero attached hydrogens (tertiary/aromatic N) is 1. The first-order valence-electron chi connectivity index (χ1n) is 8.28. The summed E-state index contributed by atoms with van der Waals surface area (Å²) in [5.74, 6) is 0.150.